The minimum atomic E-state index is -0.182. The minimum absolute atomic E-state index is 0.182. The first-order valence-corrected chi connectivity index (χ1v) is 10.4. The minimum Gasteiger partial charge on any atom is -0.497 e. The van der Waals surface area contributed by atoms with E-state index >= 15 is 0 Å². The van der Waals surface area contributed by atoms with Gasteiger partial charge in [0.2, 0.25) is 0 Å². The van der Waals surface area contributed by atoms with Crippen LogP contribution < -0.4 is 14.8 Å². The first-order valence-electron chi connectivity index (χ1n) is 9.99. The molecule has 6 nitrogen and oxygen atoms in total. The molecule has 0 saturated heterocycles. The summed E-state index contributed by atoms with van der Waals surface area (Å²) in [6, 6.07) is 22.3. The molecule has 1 heterocycles. The fourth-order valence-corrected chi connectivity index (χ4v) is 3.59. The van der Waals surface area contributed by atoms with E-state index in [0.29, 0.717) is 28.6 Å². The van der Waals surface area contributed by atoms with Gasteiger partial charge in [-0.2, -0.15) is 5.10 Å². The Balaban J connectivity index is 1.64. The van der Waals surface area contributed by atoms with E-state index < -0.39 is 0 Å². The van der Waals surface area contributed by atoms with E-state index in [9.17, 15) is 4.79 Å². The number of aromatic nitrogens is 2. The van der Waals surface area contributed by atoms with Crippen LogP contribution in [0, 0.1) is 0 Å². The fraction of sp³-hybridized carbons (Fsp3) is 0.120. The van der Waals surface area contributed by atoms with E-state index in [2.05, 4.69) is 5.32 Å². The van der Waals surface area contributed by atoms with Crippen molar-refractivity contribution in [1.82, 2.24) is 15.1 Å². The number of halogens is 1. The van der Waals surface area contributed by atoms with Gasteiger partial charge in [-0.05, 0) is 54.6 Å². The molecule has 0 fully saturated rings. The lowest BCUT2D eigenvalue weighted by atomic mass is 10.1. The zero-order valence-electron chi connectivity index (χ0n) is 17.7. The number of nitrogens with zero attached hydrogens (tertiary/aromatic N) is 2. The topological polar surface area (TPSA) is 65.4 Å². The Kier molecular flexibility index (Phi) is 6.42. The lowest BCUT2D eigenvalue weighted by molar-refractivity contribution is 0.0951. The number of methoxy groups -OCH3 is 2. The lowest BCUT2D eigenvalue weighted by Crippen LogP contribution is -2.22. The second-order valence-electron chi connectivity index (χ2n) is 7.04. The second kappa shape index (κ2) is 9.58. The molecular formula is C25H22ClN3O3. The molecule has 7 heteroatoms. The largest absolute Gasteiger partial charge is 0.497 e. The fourth-order valence-electron chi connectivity index (χ4n) is 3.33. The van der Waals surface area contributed by atoms with Crippen LogP contribution in [0.25, 0.3) is 16.9 Å². The van der Waals surface area contributed by atoms with E-state index in [1.807, 2.05) is 48.7 Å². The molecule has 0 unspecified atom stereocenters. The number of hydrogen-bond donors (Lipinski definition) is 1. The Morgan fingerprint density at radius 3 is 2.41 bits per heavy atom. The van der Waals surface area contributed by atoms with Crippen LogP contribution >= 0.6 is 11.6 Å². The van der Waals surface area contributed by atoms with Crippen LogP contribution in [0.5, 0.6) is 11.5 Å². The van der Waals surface area contributed by atoms with Crippen molar-refractivity contribution in [3.63, 3.8) is 0 Å². The van der Waals surface area contributed by atoms with Crippen molar-refractivity contribution in [2.24, 2.45) is 0 Å². The Morgan fingerprint density at radius 2 is 1.75 bits per heavy atom. The Bertz CT molecular complexity index is 1220. The van der Waals surface area contributed by atoms with E-state index in [1.54, 1.807) is 49.2 Å². The van der Waals surface area contributed by atoms with Crippen molar-refractivity contribution in [2.75, 3.05) is 14.2 Å². The third-order valence-corrected chi connectivity index (χ3v) is 5.32. The molecule has 0 spiro atoms. The SMILES string of the molecule is COc1ccc(C(=O)NCc2cn(-c3ccccc3)nc2-c2ccc(OC)c(Cl)c2)cc1. The summed E-state index contributed by atoms with van der Waals surface area (Å²) in [4.78, 5) is 12.7. The Morgan fingerprint density at radius 1 is 1.00 bits per heavy atom. The summed E-state index contributed by atoms with van der Waals surface area (Å²) in [5.74, 6) is 1.11. The molecule has 0 atom stereocenters. The van der Waals surface area contributed by atoms with Crippen LogP contribution in [0.2, 0.25) is 5.02 Å². The smallest absolute Gasteiger partial charge is 0.251 e. The number of benzene rings is 3. The number of para-hydroxylation sites is 1. The summed E-state index contributed by atoms with van der Waals surface area (Å²) in [5, 5.41) is 8.24. The predicted octanol–water partition coefficient (Wildman–Crippen LogP) is 5.14. The summed E-state index contributed by atoms with van der Waals surface area (Å²) in [7, 11) is 3.16. The van der Waals surface area contributed by atoms with E-state index in [0.717, 1.165) is 22.5 Å². The molecular weight excluding hydrogens is 426 g/mol. The van der Waals surface area contributed by atoms with E-state index in [-0.39, 0.29) is 5.91 Å². The standard InChI is InChI=1S/C25H22ClN3O3/c1-31-21-11-8-17(9-12-21)25(30)27-15-19-16-29(20-6-4-3-5-7-20)28-24(19)18-10-13-23(32-2)22(26)14-18/h3-14,16H,15H2,1-2H3,(H,27,30). The molecule has 0 bridgehead atoms. The molecule has 4 rings (SSSR count). The monoisotopic (exact) mass is 447 g/mol. The number of carbonyl (C=O) groups is 1. The van der Waals surface area contributed by atoms with Crippen LogP contribution in [0.4, 0.5) is 0 Å². The maximum absolute atomic E-state index is 12.7. The first kappa shape index (κ1) is 21.5. The van der Waals surface area contributed by atoms with Crippen LogP contribution in [0.3, 0.4) is 0 Å². The van der Waals surface area contributed by atoms with Gasteiger partial charge in [-0.15, -0.1) is 0 Å². The Labute approximate surface area is 191 Å². The summed E-state index contributed by atoms with van der Waals surface area (Å²) in [5.41, 5.74) is 3.89. The quantitative estimate of drug-likeness (QED) is 0.426. The predicted molar refractivity (Wildman–Crippen MR) is 125 cm³/mol. The highest BCUT2D eigenvalue weighted by atomic mass is 35.5. The normalized spacial score (nSPS) is 10.6. The summed E-state index contributed by atoms with van der Waals surface area (Å²) in [6.45, 7) is 0.302. The van der Waals surface area contributed by atoms with Gasteiger partial charge in [-0.25, -0.2) is 4.68 Å². The van der Waals surface area contributed by atoms with Gasteiger partial charge < -0.3 is 14.8 Å². The maximum atomic E-state index is 12.7. The number of hydrogen-bond acceptors (Lipinski definition) is 4. The van der Waals surface area contributed by atoms with Gasteiger partial charge in [-0.3, -0.25) is 4.79 Å². The van der Waals surface area contributed by atoms with Crippen LogP contribution in [0.15, 0.2) is 79.0 Å². The van der Waals surface area contributed by atoms with Crippen molar-refractivity contribution in [3.8, 4) is 28.4 Å². The van der Waals surface area contributed by atoms with Crippen LogP contribution in [0.1, 0.15) is 15.9 Å². The molecule has 1 N–H and O–H groups in total. The van der Waals surface area contributed by atoms with Crippen LogP contribution in [-0.4, -0.2) is 29.9 Å². The van der Waals surface area contributed by atoms with Crippen molar-refractivity contribution in [1.29, 1.82) is 0 Å². The number of ether oxygens (including phenoxy) is 2. The number of carbonyl (C=O) groups excluding carboxylic acids is 1. The third kappa shape index (κ3) is 4.60. The number of amides is 1. The molecule has 0 aliphatic rings. The zero-order valence-corrected chi connectivity index (χ0v) is 18.5. The van der Waals surface area contributed by atoms with Crippen molar-refractivity contribution in [3.05, 3.63) is 95.1 Å². The van der Waals surface area contributed by atoms with Gasteiger partial charge in [0.1, 0.15) is 11.5 Å². The zero-order chi connectivity index (χ0) is 22.5. The molecule has 1 amide bonds. The molecule has 4 aromatic rings. The molecule has 32 heavy (non-hydrogen) atoms. The van der Waals surface area contributed by atoms with Gasteiger partial charge in [0.05, 0.1) is 30.6 Å². The number of rotatable bonds is 7. The lowest BCUT2D eigenvalue weighted by Gasteiger charge is -2.08. The highest BCUT2D eigenvalue weighted by molar-refractivity contribution is 6.32. The second-order valence-corrected chi connectivity index (χ2v) is 7.45. The molecule has 0 radical (unpaired) electrons. The molecule has 1 aromatic heterocycles. The highest BCUT2D eigenvalue weighted by Crippen LogP contribution is 2.31. The van der Waals surface area contributed by atoms with Gasteiger partial charge in [0.15, 0.2) is 0 Å². The van der Waals surface area contributed by atoms with E-state index in [4.69, 9.17) is 26.2 Å². The maximum Gasteiger partial charge on any atom is 0.251 e. The van der Waals surface area contributed by atoms with E-state index in [1.165, 1.54) is 0 Å². The van der Waals surface area contributed by atoms with Gasteiger partial charge in [-0.1, -0.05) is 29.8 Å². The molecule has 0 aliphatic heterocycles. The molecule has 3 aromatic carbocycles. The average molecular weight is 448 g/mol. The molecule has 0 saturated carbocycles. The summed E-state index contributed by atoms with van der Waals surface area (Å²) in [6.07, 6.45) is 1.91. The van der Waals surface area contributed by atoms with Crippen molar-refractivity contribution < 1.29 is 14.3 Å². The molecule has 162 valence electrons. The highest BCUT2D eigenvalue weighted by Gasteiger charge is 2.15. The van der Waals surface area contributed by atoms with Crippen molar-refractivity contribution in [2.45, 2.75) is 6.54 Å². The summed E-state index contributed by atoms with van der Waals surface area (Å²) < 4.78 is 12.2. The van der Waals surface area contributed by atoms with Gasteiger partial charge in [0, 0.05) is 29.4 Å². The third-order valence-electron chi connectivity index (χ3n) is 5.03. The summed E-state index contributed by atoms with van der Waals surface area (Å²) >= 11 is 6.35. The average Bonchev–Trinajstić information content (AvgIpc) is 3.27. The van der Waals surface area contributed by atoms with Gasteiger partial charge in [0.25, 0.3) is 5.91 Å². The van der Waals surface area contributed by atoms with Crippen LogP contribution in [-0.2, 0) is 6.54 Å². The molecule has 0 aliphatic carbocycles. The first-order chi connectivity index (χ1) is 15.6. The number of nitrogens with one attached hydrogen (secondary N) is 1. The van der Waals surface area contributed by atoms with Crippen molar-refractivity contribution >= 4 is 17.5 Å². The van der Waals surface area contributed by atoms with Gasteiger partial charge >= 0.3 is 0 Å². The Hall–Kier alpha value is -3.77.